The number of hydrogen-bond acceptors (Lipinski definition) is 4. The summed E-state index contributed by atoms with van der Waals surface area (Å²) in [5.41, 5.74) is 1.21. The zero-order valence-corrected chi connectivity index (χ0v) is 12.7. The first-order valence-corrected chi connectivity index (χ1v) is 6.99. The van der Waals surface area contributed by atoms with Crippen molar-refractivity contribution in [3.05, 3.63) is 36.2 Å². The van der Waals surface area contributed by atoms with Crippen molar-refractivity contribution in [1.82, 2.24) is 25.5 Å². The van der Waals surface area contributed by atoms with Crippen molar-refractivity contribution in [3.63, 3.8) is 0 Å². The molecule has 0 radical (unpaired) electrons. The second-order valence-electron chi connectivity index (χ2n) is 6.17. The fraction of sp³-hybridized carbons (Fsp3) is 0.533. The van der Waals surface area contributed by atoms with Crippen LogP contribution in [0.5, 0.6) is 0 Å². The maximum Gasteiger partial charge on any atom is 0.157 e. The van der Waals surface area contributed by atoms with Crippen LogP contribution in [0.25, 0.3) is 5.69 Å². The number of nitrogens with zero attached hydrogens (tertiary/aromatic N) is 4. The Labute approximate surface area is 120 Å². The lowest BCUT2D eigenvalue weighted by atomic mass is 9.78. The summed E-state index contributed by atoms with van der Waals surface area (Å²) in [4.78, 5) is 0. The molecular weight excluding hydrogens is 250 g/mol. The molecule has 108 valence electrons. The predicted octanol–water partition coefficient (Wildman–Crippen LogP) is 2.09. The number of nitrogens with one attached hydrogen (secondary N) is 1. The van der Waals surface area contributed by atoms with Gasteiger partial charge >= 0.3 is 0 Å². The maximum atomic E-state index is 4.20. The molecule has 1 aromatic carbocycles. The van der Waals surface area contributed by atoms with Crippen LogP contribution in [0, 0.1) is 11.3 Å². The Kier molecular flexibility index (Phi) is 4.49. The molecule has 0 spiro atoms. The van der Waals surface area contributed by atoms with Crippen molar-refractivity contribution in [2.24, 2.45) is 11.3 Å². The second kappa shape index (κ2) is 6.13. The van der Waals surface area contributed by atoms with E-state index in [9.17, 15) is 0 Å². The minimum absolute atomic E-state index is 0.205. The van der Waals surface area contributed by atoms with Crippen LogP contribution in [-0.2, 0) is 6.42 Å². The van der Waals surface area contributed by atoms with Crippen LogP contribution in [-0.4, -0.2) is 33.8 Å². The molecule has 0 aliphatic rings. The van der Waals surface area contributed by atoms with Crippen LogP contribution in [0.3, 0.4) is 0 Å². The highest BCUT2D eigenvalue weighted by molar-refractivity contribution is 5.30. The van der Waals surface area contributed by atoms with E-state index in [1.54, 1.807) is 0 Å². The van der Waals surface area contributed by atoms with E-state index in [4.69, 9.17) is 0 Å². The van der Waals surface area contributed by atoms with Gasteiger partial charge in [-0.2, -0.15) is 4.68 Å². The van der Waals surface area contributed by atoms with E-state index in [1.165, 1.54) is 0 Å². The number of rotatable bonds is 5. The van der Waals surface area contributed by atoms with Gasteiger partial charge in [-0.15, -0.1) is 5.10 Å². The van der Waals surface area contributed by atoms with Crippen LogP contribution in [0.2, 0.25) is 0 Å². The zero-order chi connectivity index (χ0) is 14.6. The van der Waals surface area contributed by atoms with Gasteiger partial charge in [0, 0.05) is 6.42 Å². The third-order valence-corrected chi connectivity index (χ3v) is 3.64. The summed E-state index contributed by atoms with van der Waals surface area (Å²) in [6, 6.07) is 10.0. The van der Waals surface area contributed by atoms with Crippen LogP contribution >= 0.6 is 0 Å². The van der Waals surface area contributed by atoms with Gasteiger partial charge in [0.1, 0.15) is 0 Å². The Morgan fingerprint density at radius 3 is 2.50 bits per heavy atom. The molecule has 1 unspecified atom stereocenters. The van der Waals surface area contributed by atoms with Gasteiger partial charge in [-0.1, -0.05) is 39.0 Å². The predicted molar refractivity (Wildman–Crippen MR) is 79.7 cm³/mol. The zero-order valence-electron chi connectivity index (χ0n) is 12.7. The molecule has 2 aromatic rings. The third-order valence-electron chi connectivity index (χ3n) is 3.64. The second-order valence-corrected chi connectivity index (χ2v) is 6.17. The minimum atomic E-state index is 0.205. The molecule has 0 aliphatic carbocycles. The smallest absolute Gasteiger partial charge is 0.157 e. The molecule has 0 amide bonds. The highest BCUT2D eigenvalue weighted by Gasteiger charge is 2.26. The lowest BCUT2D eigenvalue weighted by molar-refractivity contribution is 0.230. The molecule has 1 atom stereocenters. The standard InChI is InChI=1S/C15H23N5/c1-15(2,3)12(11-16-4)10-14-17-18-19-20(14)13-8-6-5-7-9-13/h5-9,12,16H,10-11H2,1-4H3. The first-order chi connectivity index (χ1) is 9.52. The van der Waals surface area contributed by atoms with Crippen LogP contribution in [0.1, 0.15) is 26.6 Å². The number of aromatic nitrogens is 4. The molecule has 0 saturated carbocycles. The van der Waals surface area contributed by atoms with E-state index in [-0.39, 0.29) is 5.41 Å². The Hall–Kier alpha value is -1.75. The van der Waals surface area contributed by atoms with Crippen molar-refractivity contribution in [1.29, 1.82) is 0 Å². The van der Waals surface area contributed by atoms with Crippen LogP contribution in [0.4, 0.5) is 0 Å². The van der Waals surface area contributed by atoms with Crippen molar-refractivity contribution in [3.8, 4) is 5.69 Å². The highest BCUT2D eigenvalue weighted by Crippen LogP contribution is 2.28. The average Bonchev–Trinajstić information content (AvgIpc) is 2.86. The van der Waals surface area contributed by atoms with Gasteiger partial charge in [0.2, 0.25) is 0 Å². The summed E-state index contributed by atoms with van der Waals surface area (Å²) in [5.74, 6) is 1.38. The topological polar surface area (TPSA) is 55.6 Å². The van der Waals surface area contributed by atoms with Crippen molar-refractivity contribution in [2.75, 3.05) is 13.6 Å². The van der Waals surface area contributed by atoms with Crippen molar-refractivity contribution in [2.45, 2.75) is 27.2 Å². The maximum absolute atomic E-state index is 4.20. The van der Waals surface area contributed by atoms with E-state index >= 15 is 0 Å². The number of benzene rings is 1. The normalized spacial score (nSPS) is 13.4. The van der Waals surface area contributed by atoms with Gasteiger partial charge in [-0.05, 0) is 47.5 Å². The van der Waals surface area contributed by atoms with E-state index in [0.717, 1.165) is 24.5 Å². The molecule has 1 heterocycles. The average molecular weight is 273 g/mol. The number of tetrazole rings is 1. The van der Waals surface area contributed by atoms with Crippen LogP contribution < -0.4 is 5.32 Å². The summed E-state index contributed by atoms with van der Waals surface area (Å²) >= 11 is 0. The molecule has 2 rings (SSSR count). The highest BCUT2D eigenvalue weighted by atomic mass is 15.5. The lowest BCUT2D eigenvalue weighted by Gasteiger charge is -2.30. The molecule has 0 fully saturated rings. The number of para-hydroxylation sites is 1. The Morgan fingerprint density at radius 2 is 1.90 bits per heavy atom. The van der Waals surface area contributed by atoms with Gasteiger partial charge in [0.15, 0.2) is 5.82 Å². The van der Waals surface area contributed by atoms with Gasteiger partial charge in [0.25, 0.3) is 0 Å². The number of hydrogen-bond donors (Lipinski definition) is 1. The summed E-state index contributed by atoms with van der Waals surface area (Å²) in [6.07, 6.45) is 0.853. The monoisotopic (exact) mass is 273 g/mol. The van der Waals surface area contributed by atoms with E-state index in [2.05, 4.69) is 41.6 Å². The van der Waals surface area contributed by atoms with E-state index < -0.39 is 0 Å². The minimum Gasteiger partial charge on any atom is -0.319 e. The molecule has 0 aliphatic heterocycles. The molecule has 0 saturated heterocycles. The summed E-state index contributed by atoms with van der Waals surface area (Å²) in [6.45, 7) is 7.72. The fourth-order valence-electron chi connectivity index (χ4n) is 2.25. The van der Waals surface area contributed by atoms with Gasteiger partial charge in [-0.3, -0.25) is 0 Å². The molecule has 1 aromatic heterocycles. The summed E-state index contributed by atoms with van der Waals surface area (Å²) < 4.78 is 1.83. The van der Waals surface area contributed by atoms with Gasteiger partial charge in [-0.25, -0.2) is 0 Å². The lowest BCUT2D eigenvalue weighted by Crippen LogP contribution is -2.32. The van der Waals surface area contributed by atoms with E-state index in [0.29, 0.717) is 5.92 Å². The van der Waals surface area contributed by atoms with Crippen molar-refractivity contribution < 1.29 is 0 Å². The van der Waals surface area contributed by atoms with Gasteiger partial charge < -0.3 is 5.32 Å². The first kappa shape index (κ1) is 14.7. The third kappa shape index (κ3) is 3.42. The molecular formula is C15H23N5. The fourth-order valence-corrected chi connectivity index (χ4v) is 2.25. The summed E-state index contributed by atoms with van der Waals surface area (Å²) in [5, 5.41) is 15.4. The van der Waals surface area contributed by atoms with E-state index in [1.807, 2.05) is 42.1 Å². The Bertz CT molecular complexity index is 527. The Balaban J connectivity index is 2.24. The molecule has 5 nitrogen and oxygen atoms in total. The quantitative estimate of drug-likeness (QED) is 0.906. The largest absolute Gasteiger partial charge is 0.319 e. The van der Waals surface area contributed by atoms with Crippen LogP contribution in [0.15, 0.2) is 30.3 Å². The molecule has 5 heteroatoms. The molecule has 1 N–H and O–H groups in total. The summed E-state index contributed by atoms with van der Waals surface area (Å²) in [7, 11) is 1.99. The SMILES string of the molecule is CNCC(Cc1nnnn1-c1ccccc1)C(C)(C)C. The Morgan fingerprint density at radius 1 is 1.20 bits per heavy atom. The molecule has 0 bridgehead atoms. The first-order valence-electron chi connectivity index (χ1n) is 6.99. The van der Waals surface area contributed by atoms with Crippen molar-refractivity contribution >= 4 is 0 Å². The van der Waals surface area contributed by atoms with Gasteiger partial charge in [0.05, 0.1) is 5.69 Å². The molecule has 20 heavy (non-hydrogen) atoms.